The second kappa shape index (κ2) is 20.5. The maximum atomic E-state index is 13.9. The molecule has 2 aromatic carbocycles. The average Bonchev–Trinajstić information content (AvgIpc) is 4.07. The number of imidazole rings is 2. The van der Waals surface area contributed by atoms with E-state index in [0.717, 1.165) is 0 Å². The highest BCUT2D eigenvalue weighted by Gasteiger charge is 2.27. The molecule has 1 saturated heterocycles. The van der Waals surface area contributed by atoms with E-state index in [4.69, 9.17) is 29.9 Å². The topological polar surface area (TPSA) is 241 Å². The van der Waals surface area contributed by atoms with Gasteiger partial charge >= 0.3 is 12.1 Å². The number of hydrogen-bond donors (Lipinski definition) is 3. The zero-order valence-corrected chi connectivity index (χ0v) is 39.8. The maximum absolute atomic E-state index is 13.9. The van der Waals surface area contributed by atoms with Gasteiger partial charge in [0.2, 0.25) is 17.8 Å². The Hall–Kier alpha value is -7.55. The van der Waals surface area contributed by atoms with Crippen molar-refractivity contribution in [3.05, 3.63) is 88.5 Å². The van der Waals surface area contributed by atoms with E-state index in [-0.39, 0.29) is 43.2 Å². The molecule has 0 aliphatic carbocycles. The molecule has 0 unspecified atom stereocenters. The van der Waals surface area contributed by atoms with Crippen molar-refractivity contribution in [3.63, 3.8) is 0 Å². The number of piperazine rings is 1. The van der Waals surface area contributed by atoms with Gasteiger partial charge in [-0.15, -0.1) is 0 Å². The van der Waals surface area contributed by atoms with Gasteiger partial charge in [-0.05, 0) is 97.4 Å². The number of esters is 1. The van der Waals surface area contributed by atoms with E-state index in [1.54, 1.807) is 65.9 Å². The average molecular weight is 934 g/mol. The lowest BCUT2D eigenvalue weighted by Crippen LogP contribution is -2.50. The van der Waals surface area contributed by atoms with Crippen LogP contribution >= 0.6 is 0 Å². The van der Waals surface area contributed by atoms with Gasteiger partial charge in [-0.1, -0.05) is 12.2 Å². The summed E-state index contributed by atoms with van der Waals surface area (Å²) in [6, 6.07) is 11.5. The Kier molecular flexibility index (Phi) is 14.6. The molecule has 1 aliphatic heterocycles. The fraction of sp³-hybridized carbons (Fsp3) is 0.426. The summed E-state index contributed by atoms with van der Waals surface area (Å²) in [5, 5.41) is 14.7. The molecular formula is C47H59N13O8. The third-order valence-corrected chi connectivity index (χ3v) is 11.2. The molecule has 5 heterocycles. The molecule has 1 fully saturated rings. The number of hydrogen-bond acceptors (Lipinski definition) is 13. The van der Waals surface area contributed by atoms with Crippen LogP contribution in [-0.4, -0.2) is 130 Å². The van der Waals surface area contributed by atoms with Gasteiger partial charge in [-0.2, -0.15) is 10.2 Å². The number of primary amides is 1. The summed E-state index contributed by atoms with van der Waals surface area (Å²) in [6.07, 6.45) is 4.05. The van der Waals surface area contributed by atoms with Crippen molar-refractivity contribution in [2.24, 2.45) is 5.73 Å². The number of nitrogens with two attached hydrogens (primary N) is 1. The van der Waals surface area contributed by atoms with Crippen molar-refractivity contribution in [1.29, 1.82) is 0 Å². The van der Waals surface area contributed by atoms with Crippen LogP contribution in [0.25, 0.3) is 22.1 Å². The van der Waals surface area contributed by atoms with Crippen LogP contribution in [0.4, 0.5) is 16.7 Å². The molecular weight excluding hydrogens is 875 g/mol. The number of anilines is 2. The van der Waals surface area contributed by atoms with Gasteiger partial charge in [0.25, 0.3) is 11.8 Å². The molecule has 4 N–H and O–H groups in total. The smallest absolute Gasteiger partial charge is 0.410 e. The lowest BCUT2D eigenvalue weighted by atomic mass is 10.1. The van der Waals surface area contributed by atoms with E-state index < -0.39 is 29.3 Å². The van der Waals surface area contributed by atoms with Gasteiger partial charge in [-0.25, -0.2) is 19.6 Å². The summed E-state index contributed by atoms with van der Waals surface area (Å²) in [4.78, 5) is 78.7. The van der Waals surface area contributed by atoms with E-state index in [0.29, 0.717) is 108 Å². The van der Waals surface area contributed by atoms with Gasteiger partial charge < -0.3 is 34.0 Å². The fourth-order valence-electron chi connectivity index (χ4n) is 7.99. The predicted octanol–water partition coefficient (Wildman–Crippen LogP) is 5.40. The highest BCUT2D eigenvalue weighted by molar-refractivity contribution is 6.05. The van der Waals surface area contributed by atoms with Crippen LogP contribution in [0.3, 0.4) is 0 Å². The highest BCUT2D eigenvalue weighted by Crippen LogP contribution is 2.32. The Bertz CT molecular complexity index is 2890. The van der Waals surface area contributed by atoms with Crippen LogP contribution in [0.15, 0.2) is 54.6 Å². The molecule has 0 radical (unpaired) electrons. The second-order valence-electron chi connectivity index (χ2n) is 17.4. The standard InChI is InChI=1S/C47H59N13O8/c1-9-59-36(24-29(3)53-59)41(62)51-44-49-33-26-31(43(64)66-8)14-15-35(33)57(44)17-11-12-18-58-39-34(50-45(58)52-42(63)37-25-30(4)54-60(37)10-2)27-32(40(48)61)28-38(39)67-23-13-16-55-19-21-56(22-20-55)46(65)68-47(5,6)7/h11-12,14-15,24-28H,9-10,13,16-23H2,1-8H3,(H2,48,61)(H,49,51,62)(H,50,52,63)/b12-11+. The molecule has 21 heteroatoms. The molecule has 0 spiro atoms. The summed E-state index contributed by atoms with van der Waals surface area (Å²) in [6.45, 7) is 17.7. The first-order valence-corrected chi connectivity index (χ1v) is 22.6. The first kappa shape index (κ1) is 48.4. The van der Waals surface area contributed by atoms with Crippen LogP contribution in [-0.2, 0) is 35.7 Å². The third-order valence-electron chi connectivity index (χ3n) is 11.2. The van der Waals surface area contributed by atoms with Crippen molar-refractivity contribution < 1.29 is 38.2 Å². The lowest BCUT2D eigenvalue weighted by Gasteiger charge is -2.35. The van der Waals surface area contributed by atoms with Crippen LogP contribution in [0, 0.1) is 13.8 Å². The molecule has 7 rings (SSSR count). The Morgan fingerprint density at radius 3 is 1.91 bits per heavy atom. The minimum atomic E-state index is -0.676. The largest absolute Gasteiger partial charge is 0.491 e. The van der Waals surface area contributed by atoms with E-state index in [1.165, 1.54) is 7.11 Å². The molecule has 68 heavy (non-hydrogen) atoms. The van der Waals surface area contributed by atoms with Crippen molar-refractivity contribution in [2.75, 3.05) is 57.1 Å². The molecule has 0 bridgehead atoms. The molecule has 6 aromatic rings. The quantitative estimate of drug-likeness (QED) is 0.0590. The minimum absolute atomic E-state index is 0.169. The number of methoxy groups -OCH3 is 1. The Morgan fingerprint density at radius 1 is 0.765 bits per heavy atom. The molecule has 4 amide bonds. The number of carbonyl (C=O) groups is 5. The predicted molar refractivity (Wildman–Crippen MR) is 254 cm³/mol. The van der Waals surface area contributed by atoms with Gasteiger partial charge in [0.15, 0.2) is 0 Å². The zero-order chi connectivity index (χ0) is 48.9. The molecule has 21 nitrogen and oxygen atoms in total. The number of allylic oxidation sites excluding steroid dienone is 2. The number of fused-ring (bicyclic) bond motifs is 2. The van der Waals surface area contributed by atoms with Gasteiger partial charge in [0, 0.05) is 64.5 Å². The zero-order valence-electron chi connectivity index (χ0n) is 39.8. The molecule has 4 aromatic heterocycles. The number of nitrogens with one attached hydrogen (secondary N) is 2. The number of aryl methyl sites for hydroxylation is 4. The molecule has 360 valence electrons. The SMILES string of the molecule is CCn1nc(C)cc1C(=O)Nc1nc2cc(C(=O)OC)ccc2n1C/C=C/Cn1c(NC(=O)c2cc(C)nn2CC)nc2cc(C(N)=O)cc(OCCCN3CCN(C(=O)OC(C)(C)C)CC3)c21. The van der Waals surface area contributed by atoms with E-state index in [1.807, 2.05) is 60.6 Å². The van der Waals surface area contributed by atoms with E-state index in [9.17, 15) is 24.0 Å². The Morgan fingerprint density at radius 2 is 1.34 bits per heavy atom. The summed E-state index contributed by atoms with van der Waals surface area (Å²) in [5.74, 6) is -1.28. The third kappa shape index (κ3) is 11.0. The number of nitrogens with zero attached hydrogens (tertiary/aromatic N) is 10. The monoisotopic (exact) mass is 933 g/mol. The summed E-state index contributed by atoms with van der Waals surface area (Å²) >= 11 is 0. The summed E-state index contributed by atoms with van der Waals surface area (Å²) < 4.78 is 23.7. The van der Waals surface area contributed by atoms with Crippen molar-refractivity contribution in [2.45, 2.75) is 86.7 Å². The fourth-order valence-corrected chi connectivity index (χ4v) is 7.99. The van der Waals surface area contributed by atoms with Crippen molar-refractivity contribution in [3.8, 4) is 5.75 Å². The number of aromatic nitrogens is 8. The molecule has 0 saturated carbocycles. The van der Waals surface area contributed by atoms with Crippen LogP contribution < -0.4 is 21.1 Å². The maximum Gasteiger partial charge on any atom is 0.410 e. The van der Waals surface area contributed by atoms with Crippen LogP contribution in [0.2, 0.25) is 0 Å². The lowest BCUT2D eigenvalue weighted by molar-refractivity contribution is 0.0141. The Balaban J connectivity index is 1.17. The normalized spacial score (nSPS) is 13.4. The van der Waals surface area contributed by atoms with Crippen LogP contribution in [0.1, 0.15) is 94.1 Å². The van der Waals surface area contributed by atoms with Gasteiger partial charge in [-0.3, -0.25) is 39.3 Å². The number of rotatable bonds is 17. The van der Waals surface area contributed by atoms with Crippen molar-refractivity contribution >= 4 is 63.7 Å². The number of carbonyl (C=O) groups excluding carboxylic acids is 5. The number of ether oxygens (including phenoxy) is 3. The number of amides is 4. The first-order chi connectivity index (χ1) is 32.5. The van der Waals surface area contributed by atoms with E-state index in [2.05, 4.69) is 25.7 Å². The first-order valence-electron chi connectivity index (χ1n) is 22.6. The summed E-state index contributed by atoms with van der Waals surface area (Å²) in [7, 11) is 1.30. The molecule has 0 atom stereocenters. The minimum Gasteiger partial charge on any atom is -0.491 e. The second-order valence-corrected chi connectivity index (χ2v) is 17.4. The van der Waals surface area contributed by atoms with Gasteiger partial charge in [0.1, 0.15) is 28.3 Å². The highest BCUT2D eigenvalue weighted by atomic mass is 16.6. The van der Waals surface area contributed by atoms with Crippen LogP contribution in [0.5, 0.6) is 5.75 Å². The number of benzene rings is 2. The van der Waals surface area contributed by atoms with Gasteiger partial charge in [0.05, 0.1) is 47.2 Å². The van der Waals surface area contributed by atoms with E-state index >= 15 is 0 Å². The van der Waals surface area contributed by atoms with Crippen molar-refractivity contribution in [1.82, 2.24) is 48.5 Å². The summed E-state index contributed by atoms with van der Waals surface area (Å²) in [5.41, 5.74) is 9.77. The Labute approximate surface area is 393 Å². The molecule has 1 aliphatic rings.